The first-order valence-electron chi connectivity index (χ1n) is 12.2. The van der Waals surface area contributed by atoms with Gasteiger partial charge in [0.15, 0.2) is 0 Å². The van der Waals surface area contributed by atoms with E-state index in [1.54, 1.807) is 54.9 Å². The van der Waals surface area contributed by atoms with Gasteiger partial charge in [0.2, 0.25) is 0 Å². The zero-order valence-corrected chi connectivity index (χ0v) is 20.4. The molecule has 0 radical (unpaired) electrons. The van der Waals surface area contributed by atoms with Gasteiger partial charge in [-0.1, -0.05) is 13.0 Å². The Bertz CT molecular complexity index is 1380. The Kier molecular flexibility index (Phi) is 7.16. The molecule has 4 N–H and O–H groups in total. The minimum absolute atomic E-state index is 0.134. The lowest BCUT2D eigenvalue weighted by molar-refractivity contribution is -0.0364. The second-order valence-corrected chi connectivity index (χ2v) is 8.86. The number of H-pyrrole nitrogens is 1. The highest BCUT2D eigenvalue weighted by atomic mass is 19.1. The zero-order chi connectivity index (χ0) is 25.8. The van der Waals surface area contributed by atoms with Crippen molar-refractivity contribution in [3.63, 3.8) is 0 Å². The number of aromatic nitrogens is 2. The number of ether oxygens (including phenoxy) is 1. The number of halogens is 1. The molecule has 3 heterocycles. The number of nitrogens with one attached hydrogen (secondary N) is 3. The van der Waals surface area contributed by atoms with E-state index in [2.05, 4.69) is 20.6 Å². The number of rotatable bonds is 8. The van der Waals surface area contributed by atoms with Crippen LogP contribution < -0.4 is 15.4 Å². The lowest BCUT2D eigenvalue weighted by atomic mass is 10.1. The molecular formula is C28H28FN5O3. The Hall–Kier alpha value is -4.21. The predicted molar refractivity (Wildman–Crippen MR) is 140 cm³/mol. The maximum Gasteiger partial charge on any atom is 0.323 e. The molecule has 1 fully saturated rings. The number of hydrogen-bond donors (Lipinski definition) is 4. The molecule has 9 heteroatoms. The molecule has 0 spiro atoms. The number of aliphatic hydroxyl groups is 1. The van der Waals surface area contributed by atoms with Gasteiger partial charge in [-0.15, -0.1) is 0 Å². The summed E-state index contributed by atoms with van der Waals surface area (Å²) in [4.78, 5) is 21.9. The molecule has 2 aromatic carbocycles. The molecule has 4 aromatic rings. The second kappa shape index (κ2) is 10.8. The first-order chi connectivity index (χ1) is 18.0. The Labute approximate surface area is 214 Å². The number of carbonyl (C=O) groups excluding carboxylic acids is 1. The van der Waals surface area contributed by atoms with Crippen LogP contribution in [0, 0.1) is 5.82 Å². The zero-order valence-electron chi connectivity index (χ0n) is 20.4. The molecule has 1 aliphatic rings. The van der Waals surface area contributed by atoms with Gasteiger partial charge in [0, 0.05) is 42.8 Å². The van der Waals surface area contributed by atoms with Gasteiger partial charge >= 0.3 is 6.03 Å². The molecule has 190 valence electrons. The Morgan fingerprint density at radius 3 is 2.65 bits per heavy atom. The molecule has 2 amide bonds. The Balaban J connectivity index is 1.20. The molecular weight excluding hydrogens is 473 g/mol. The van der Waals surface area contributed by atoms with Gasteiger partial charge in [-0.2, -0.15) is 0 Å². The number of pyridine rings is 1. The highest BCUT2D eigenvalue weighted by molar-refractivity contribution is 5.99. The van der Waals surface area contributed by atoms with Crippen LogP contribution in [0.5, 0.6) is 11.5 Å². The third kappa shape index (κ3) is 5.79. The lowest BCUT2D eigenvalue weighted by Gasteiger charge is -2.34. The van der Waals surface area contributed by atoms with Gasteiger partial charge < -0.3 is 25.5 Å². The summed E-state index contributed by atoms with van der Waals surface area (Å²) in [6.07, 6.45) is 4.68. The summed E-state index contributed by atoms with van der Waals surface area (Å²) in [5, 5.41) is 15.7. The number of benzene rings is 2. The van der Waals surface area contributed by atoms with E-state index in [1.807, 2.05) is 24.0 Å². The van der Waals surface area contributed by atoms with Crippen LogP contribution in [-0.2, 0) is 6.42 Å². The molecule has 5 rings (SSSR count). The highest BCUT2D eigenvalue weighted by Gasteiger charge is 2.24. The molecule has 1 unspecified atom stereocenters. The molecule has 0 saturated carbocycles. The van der Waals surface area contributed by atoms with E-state index in [0.717, 1.165) is 42.8 Å². The minimum Gasteiger partial charge on any atom is -0.457 e. The Morgan fingerprint density at radius 1 is 1.11 bits per heavy atom. The van der Waals surface area contributed by atoms with Crippen molar-refractivity contribution in [1.82, 2.24) is 14.9 Å². The fourth-order valence-electron chi connectivity index (χ4n) is 4.04. The monoisotopic (exact) mass is 501 g/mol. The summed E-state index contributed by atoms with van der Waals surface area (Å²) < 4.78 is 20.0. The number of anilines is 2. The summed E-state index contributed by atoms with van der Waals surface area (Å²) in [5.74, 6) is 0.676. The summed E-state index contributed by atoms with van der Waals surface area (Å²) >= 11 is 0. The quantitative estimate of drug-likeness (QED) is 0.240. The van der Waals surface area contributed by atoms with Crippen LogP contribution in [0.1, 0.15) is 30.7 Å². The maximum absolute atomic E-state index is 14.0. The number of aryl methyl sites for hydroxylation is 1. The lowest BCUT2D eigenvalue weighted by Crippen LogP contribution is -2.39. The minimum atomic E-state index is -0.618. The normalized spacial score (nSPS) is 14.0. The van der Waals surface area contributed by atoms with Gasteiger partial charge in [-0.25, -0.2) is 9.18 Å². The van der Waals surface area contributed by atoms with Crippen molar-refractivity contribution in [2.75, 3.05) is 23.7 Å². The van der Waals surface area contributed by atoms with Crippen molar-refractivity contribution in [1.29, 1.82) is 0 Å². The van der Waals surface area contributed by atoms with Crippen LogP contribution >= 0.6 is 0 Å². The fourth-order valence-corrected chi connectivity index (χ4v) is 4.04. The third-order valence-corrected chi connectivity index (χ3v) is 6.28. The van der Waals surface area contributed by atoms with Crippen LogP contribution in [0.2, 0.25) is 0 Å². The summed E-state index contributed by atoms with van der Waals surface area (Å²) in [6, 6.07) is 16.4. The number of hydrogen-bond acceptors (Lipinski definition) is 5. The second-order valence-electron chi connectivity index (χ2n) is 8.86. The van der Waals surface area contributed by atoms with Crippen molar-refractivity contribution in [3.05, 3.63) is 90.0 Å². The first-order valence-corrected chi connectivity index (χ1v) is 12.2. The number of aromatic amines is 1. The van der Waals surface area contributed by atoms with Gasteiger partial charge in [-0.05, 0) is 66.9 Å². The van der Waals surface area contributed by atoms with Gasteiger partial charge in [-0.3, -0.25) is 9.88 Å². The van der Waals surface area contributed by atoms with Crippen LogP contribution in [-0.4, -0.2) is 39.1 Å². The average molecular weight is 502 g/mol. The van der Waals surface area contributed by atoms with Crippen molar-refractivity contribution in [3.8, 4) is 22.9 Å². The molecule has 2 aromatic heterocycles. The number of urea groups is 1. The summed E-state index contributed by atoms with van der Waals surface area (Å²) in [6.45, 7) is 3.76. The van der Waals surface area contributed by atoms with E-state index in [1.165, 1.54) is 6.07 Å². The van der Waals surface area contributed by atoms with Crippen LogP contribution in [0.4, 0.5) is 20.6 Å². The maximum atomic E-state index is 14.0. The smallest absolute Gasteiger partial charge is 0.323 e. The molecule has 0 aliphatic carbocycles. The van der Waals surface area contributed by atoms with E-state index in [0.29, 0.717) is 22.9 Å². The van der Waals surface area contributed by atoms with E-state index in [9.17, 15) is 14.3 Å². The fraction of sp³-hybridized carbons (Fsp3) is 0.214. The number of aliphatic hydroxyl groups excluding tert-OH is 1. The predicted octanol–water partition coefficient (Wildman–Crippen LogP) is 5.91. The number of carbonyl (C=O) groups is 1. The molecule has 1 saturated heterocycles. The van der Waals surface area contributed by atoms with E-state index >= 15 is 0 Å². The molecule has 8 nitrogen and oxygen atoms in total. The van der Waals surface area contributed by atoms with Crippen molar-refractivity contribution in [2.45, 2.75) is 26.0 Å². The molecule has 1 atom stereocenters. The standard InChI is InChI=1S/C28H28FN5O3/c1-2-18-4-9-23(29)24(14-18)33-28(36)32-20-5-7-21(8-6-20)37-22-10-11-30-26(16-22)25-15-19(17-31-25)27(35)34-12-3-13-34/h4-11,14-17,27,31,35H,2-3,12-13H2,1H3,(H2,32,33,36). The topological polar surface area (TPSA) is 103 Å². The van der Waals surface area contributed by atoms with Gasteiger partial charge in [0.05, 0.1) is 17.1 Å². The molecule has 0 bridgehead atoms. The van der Waals surface area contributed by atoms with Gasteiger partial charge in [0.1, 0.15) is 23.5 Å². The summed E-state index contributed by atoms with van der Waals surface area (Å²) in [7, 11) is 0. The van der Waals surface area contributed by atoms with Crippen molar-refractivity contribution >= 4 is 17.4 Å². The van der Waals surface area contributed by atoms with E-state index in [-0.39, 0.29) is 5.69 Å². The van der Waals surface area contributed by atoms with E-state index in [4.69, 9.17) is 4.74 Å². The number of nitrogens with zero attached hydrogens (tertiary/aromatic N) is 2. The highest BCUT2D eigenvalue weighted by Crippen LogP contribution is 2.29. The first kappa shape index (κ1) is 24.5. The van der Waals surface area contributed by atoms with Crippen LogP contribution in [0.3, 0.4) is 0 Å². The average Bonchev–Trinajstić information content (AvgIpc) is 3.36. The molecule has 37 heavy (non-hydrogen) atoms. The van der Waals surface area contributed by atoms with Crippen molar-refractivity contribution in [2.24, 2.45) is 0 Å². The Morgan fingerprint density at radius 2 is 1.92 bits per heavy atom. The van der Waals surface area contributed by atoms with Crippen LogP contribution in [0.15, 0.2) is 73.1 Å². The molecule has 1 aliphatic heterocycles. The third-order valence-electron chi connectivity index (χ3n) is 6.28. The van der Waals surface area contributed by atoms with Crippen molar-refractivity contribution < 1.29 is 19.0 Å². The largest absolute Gasteiger partial charge is 0.457 e. The summed E-state index contributed by atoms with van der Waals surface area (Å²) in [5.41, 5.74) is 3.87. The number of likely N-dealkylation sites (tertiary alicyclic amines) is 1. The SMILES string of the molecule is CCc1ccc(F)c(NC(=O)Nc2ccc(Oc3ccnc(-c4cc(C(O)N5CCC5)c[nH]4)c3)cc2)c1. The number of amides is 2. The van der Waals surface area contributed by atoms with Gasteiger partial charge in [0.25, 0.3) is 0 Å². The van der Waals surface area contributed by atoms with E-state index < -0.39 is 18.1 Å². The van der Waals surface area contributed by atoms with Crippen LogP contribution in [0.25, 0.3) is 11.4 Å².